The number of nitrogens with zero attached hydrogens (tertiary/aromatic N) is 8. The number of pyridine rings is 1. The van der Waals surface area contributed by atoms with Gasteiger partial charge in [-0.1, -0.05) is 19.9 Å². The molecule has 10 heteroatoms. The predicted molar refractivity (Wildman–Crippen MR) is 146 cm³/mol. The molecule has 38 heavy (non-hydrogen) atoms. The lowest BCUT2D eigenvalue weighted by Crippen LogP contribution is -2.34. The van der Waals surface area contributed by atoms with E-state index < -0.39 is 5.97 Å². The first-order valence-electron chi connectivity index (χ1n) is 12.7. The van der Waals surface area contributed by atoms with Crippen molar-refractivity contribution >= 4 is 28.6 Å². The summed E-state index contributed by atoms with van der Waals surface area (Å²) in [4.78, 5) is 30.0. The Morgan fingerprint density at radius 2 is 1.87 bits per heavy atom. The molecule has 1 N–H and O–H groups in total. The second-order valence-electron chi connectivity index (χ2n) is 10.1. The van der Waals surface area contributed by atoms with Crippen molar-refractivity contribution in [1.29, 1.82) is 5.26 Å². The van der Waals surface area contributed by atoms with Gasteiger partial charge in [-0.2, -0.15) is 10.4 Å². The van der Waals surface area contributed by atoms with Crippen LogP contribution in [-0.4, -0.2) is 63.0 Å². The Labute approximate surface area is 221 Å². The lowest BCUT2D eigenvalue weighted by molar-refractivity contribution is 0.0691. The number of fused-ring (bicyclic) bond motifs is 1. The van der Waals surface area contributed by atoms with E-state index >= 15 is 0 Å². The van der Waals surface area contributed by atoms with Crippen molar-refractivity contribution in [2.75, 3.05) is 37.0 Å². The number of hydrogen-bond acceptors (Lipinski definition) is 8. The fourth-order valence-corrected chi connectivity index (χ4v) is 4.80. The van der Waals surface area contributed by atoms with Crippen LogP contribution in [0.3, 0.4) is 0 Å². The Balaban J connectivity index is 1.65. The van der Waals surface area contributed by atoms with Gasteiger partial charge in [0, 0.05) is 62.3 Å². The smallest absolute Gasteiger partial charge is 0.354 e. The average Bonchev–Trinajstić information content (AvgIpc) is 3.33. The van der Waals surface area contributed by atoms with Gasteiger partial charge in [0.05, 0.1) is 22.8 Å². The molecule has 0 spiro atoms. The van der Waals surface area contributed by atoms with E-state index in [0.717, 1.165) is 48.4 Å². The summed E-state index contributed by atoms with van der Waals surface area (Å²) < 4.78 is 1.72. The van der Waals surface area contributed by atoms with E-state index in [1.165, 1.54) is 0 Å². The van der Waals surface area contributed by atoms with Crippen LogP contribution in [0.4, 0.5) is 11.6 Å². The Morgan fingerprint density at radius 1 is 1.16 bits per heavy atom. The largest absolute Gasteiger partial charge is 0.477 e. The molecule has 3 aromatic heterocycles. The van der Waals surface area contributed by atoms with Crippen molar-refractivity contribution in [3.05, 3.63) is 54.1 Å². The minimum absolute atomic E-state index is 0.0635. The molecule has 4 aromatic rings. The summed E-state index contributed by atoms with van der Waals surface area (Å²) in [5.74, 6) is -0.371. The number of nitriles is 1. The van der Waals surface area contributed by atoms with E-state index in [9.17, 15) is 15.2 Å². The molecule has 0 atom stereocenters. The van der Waals surface area contributed by atoms with E-state index in [1.807, 2.05) is 43.3 Å². The van der Waals surface area contributed by atoms with Crippen molar-refractivity contribution in [1.82, 2.24) is 24.7 Å². The molecule has 0 amide bonds. The third kappa shape index (κ3) is 4.63. The van der Waals surface area contributed by atoms with Crippen LogP contribution in [0.15, 0.2) is 42.7 Å². The Hall–Kier alpha value is -4.52. The number of carbonyl (C=O) groups is 1. The zero-order valence-electron chi connectivity index (χ0n) is 22.0. The van der Waals surface area contributed by atoms with Crippen molar-refractivity contribution in [3.8, 4) is 22.9 Å². The van der Waals surface area contributed by atoms with Crippen molar-refractivity contribution in [3.63, 3.8) is 0 Å². The zero-order valence-corrected chi connectivity index (χ0v) is 22.0. The summed E-state index contributed by atoms with van der Waals surface area (Å²) in [5.41, 5.74) is 4.38. The van der Waals surface area contributed by atoms with E-state index in [1.54, 1.807) is 23.1 Å². The molecule has 194 valence electrons. The van der Waals surface area contributed by atoms with E-state index in [4.69, 9.17) is 5.10 Å². The number of carboxylic acids is 1. The number of piperidine rings is 1. The minimum Gasteiger partial charge on any atom is -0.477 e. The normalized spacial score (nSPS) is 14.2. The molecule has 4 heterocycles. The maximum Gasteiger partial charge on any atom is 0.354 e. The van der Waals surface area contributed by atoms with Crippen molar-refractivity contribution in [2.45, 2.75) is 32.6 Å². The molecular formula is C28H30N8O2. The number of aromatic carboxylic acids is 1. The predicted octanol–water partition coefficient (Wildman–Crippen LogP) is 4.51. The molecular weight excluding hydrogens is 480 g/mol. The summed E-state index contributed by atoms with van der Waals surface area (Å²) in [7, 11) is 3.93. The third-order valence-electron chi connectivity index (χ3n) is 6.93. The number of aromatic nitrogens is 5. The van der Waals surface area contributed by atoms with Gasteiger partial charge in [0.15, 0.2) is 11.3 Å². The van der Waals surface area contributed by atoms with Gasteiger partial charge >= 0.3 is 5.97 Å². The van der Waals surface area contributed by atoms with Crippen LogP contribution in [0.1, 0.15) is 48.8 Å². The van der Waals surface area contributed by atoms with Gasteiger partial charge in [0.2, 0.25) is 5.95 Å². The summed E-state index contributed by atoms with van der Waals surface area (Å²) in [6, 6.07) is 11.8. The first-order valence-corrected chi connectivity index (χ1v) is 12.7. The fraction of sp³-hybridized carbons (Fsp3) is 0.357. The van der Waals surface area contributed by atoms with Crippen LogP contribution in [-0.2, 0) is 0 Å². The van der Waals surface area contributed by atoms with Crippen LogP contribution in [0.2, 0.25) is 0 Å². The highest BCUT2D eigenvalue weighted by molar-refractivity contribution is 6.00. The van der Waals surface area contributed by atoms with Gasteiger partial charge in [-0.15, -0.1) is 0 Å². The number of hydrogen-bond donors (Lipinski definition) is 1. The van der Waals surface area contributed by atoms with Crippen molar-refractivity contribution in [2.24, 2.45) is 5.92 Å². The molecule has 1 saturated heterocycles. The number of rotatable bonds is 6. The molecule has 0 saturated carbocycles. The number of anilines is 2. The van der Waals surface area contributed by atoms with Gasteiger partial charge < -0.3 is 14.9 Å². The van der Waals surface area contributed by atoms with E-state index in [2.05, 4.69) is 39.8 Å². The highest BCUT2D eigenvalue weighted by Crippen LogP contribution is 2.36. The van der Waals surface area contributed by atoms with Crippen LogP contribution in [0.5, 0.6) is 0 Å². The highest BCUT2D eigenvalue weighted by Gasteiger charge is 2.24. The van der Waals surface area contributed by atoms with Gasteiger partial charge in [-0.05, 0) is 43.0 Å². The SMILES string of the molecule is CC(C)c1nn(-c2cccc(N(C)C)c2)c2nc(C(=O)O)cc(-c3cnc(N4CCC(C#N)CC4)nc3)c12. The molecule has 1 aliphatic rings. The molecule has 5 rings (SSSR count). The summed E-state index contributed by atoms with van der Waals surface area (Å²) in [6.45, 7) is 5.58. The second kappa shape index (κ2) is 10.1. The van der Waals surface area contributed by atoms with Crippen LogP contribution in [0.25, 0.3) is 27.8 Å². The lowest BCUT2D eigenvalue weighted by atomic mass is 9.98. The van der Waals surface area contributed by atoms with Gasteiger partial charge in [0.1, 0.15) is 0 Å². The molecule has 0 aliphatic carbocycles. The molecule has 0 unspecified atom stereocenters. The summed E-state index contributed by atoms with van der Waals surface area (Å²) >= 11 is 0. The summed E-state index contributed by atoms with van der Waals surface area (Å²) in [5, 5.41) is 24.8. The molecule has 1 aromatic carbocycles. The topological polar surface area (TPSA) is 124 Å². The highest BCUT2D eigenvalue weighted by atomic mass is 16.4. The first-order chi connectivity index (χ1) is 18.3. The van der Waals surface area contributed by atoms with Gasteiger partial charge in [-0.25, -0.2) is 24.4 Å². The Kier molecular flexibility index (Phi) is 6.68. The molecule has 1 aliphatic heterocycles. The van der Waals surface area contributed by atoms with Crippen LogP contribution in [0, 0.1) is 17.2 Å². The summed E-state index contributed by atoms with van der Waals surface area (Å²) in [6.07, 6.45) is 5.04. The lowest BCUT2D eigenvalue weighted by Gasteiger charge is -2.29. The average molecular weight is 511 g/mol. The second-order valence-corrected chi connectivity index (χ2v) is 10.1. The molecule has 0 bridgehead atoms. The van der Waals surface area contributed by atoms with Crippen LogP contribution < -0.4 is 9.80 Å². The Morgan fingerprint density at radius 3 is 2.47 bits per heavy atom. The molecule has 1 fully saturated rings. The number of benzene rings is 1. The van der Waals surface area contributed by atoms with Gasteiger partial charge in [0.25, 0.3) is 0 Å². The maximum absolute atomic E-state index is 12.1. The van der Waals surface area contributed by atoms with Crippen molar-refractivity contribution < 1.29 is 9.90 Å². The standard InChI is InChI=1S/C28H30N8O2/c1-17(2)25-24-22(19-15-30-28(31-16-19)35-10-8-18(14-29)9-11-35)13-23(27(37)38)32-26(24)36(33-25)21-7-5-6-20(12-21)34(3)4/h5-7,12-13,15-18H,8-11H2,1-4H3,(H,37,38). The minimum atomic E-state index is -1.12. The fourth-order valence-electron chi connectivity index (χ4n) is 4.80. The Bertz CT molecular complexity index is 1530. The quantitative estimate of drug-likeness (QED) is 0.399. The van der Waals surface area contributed by atoms with Gasteiger partial charge in [-0.3, -0.25) is 0 Å². The first kappa shape index (κ1) is 25.1. The third-order valence-corrected chi connectivity index (χ3v) is 6.93. The van der Waals surface area contributed by atoms with E-state index in [-0.39, 0.29) is 17.5 Å². The van der Waals surface area contributed by atoms with E-state index in [0.29, 0.717) is 22.7 Å². The zero-order chi connectivity index (χ0) is 27.0. The molecule has 0 radical (unpaired) electrons. The molecule has 10 nitrogen and oxygen atoms in total. The monoisotopic (exact) mass is 510 g/mol. The number of carboxylic acid groups (broad SMARTS) is 1. The maximum atomic E-state index is 12.1. The van der Waals surface area contributed by atoms with Crippen LogP contribution >= 0.6 is 0 Å².